The van der Waals surface area contributed by atoms with Gasteiger partial charge in [0.25, 0.3) is 5.91 Å². The van der Waals surface area contributed by atoms with Gasteiger partial charge in [-0.15, -0.1) is 11.8 Å². The van der Waals surface area contributed by atoms with Gasteiger partial charge in [0.1, 0.15) is 0 Å². The molecule has 0 aromatic heterocycles. The number of nitrogens with one attached hydrogen (secondary N) is 2. The van der Waals surface area contributed by atoms with Gasteiger partial charge in [-0.2, -0.15) is 0 Å². The SMILES string of the molecule is CC(=O)Nc1cccc(NC(=O)COC(=O)CS[C@H]2CCS(=O)(=O)C2)c1. The number of sulfone groups is 1. The minimum Gasteiger partial charge on any atom is -0.455 e. The number of rotatable bonds is 7. The molecule has 1 aliphatic rings. The van der Waals surface area contributed by atoms with Gasteiger partial charge in [0, 0.05) is 23.5 Å². The molecule has 0 spiro atoms. The highest BCUT2D eigenvalue weighted by atomic mass is 32.2. The molecule has 1 aromatic rings. The third-order valence-electron chi connectivity index (χ3n) is 3.46. The van der Waals surface area contributed by atoms with Crippen molar-refractivity contribution < 1.29 is 27.5 Å². The Bertz CT molecular complexity index is 794. The molecule has 142 valence electrons. The molecule has 1 saturated heterocycles. The molecule has 8 nitrogen and oxygen atoms in total. The van der Waals surface area contributed by atoms with E-state index in [0.717, 1.165) is 0 Å². The zero-order valence-electron chi connectivity index (χ0n) is 14.2. The minimum absolute atomic E-state index is 0.00544. The van der Waals surface area contributed by atoms with Crippen LogP contribution in [-0.2, 0) is 29.0 Å². The molecule has 2 amide bonds. The molecule has 0 aliphatic carbocycles. The van der Waals surface area contributed by atoms with E-state index in [-0.39, 0.29) is 28.4 Å². The summed E-state index contributed by atoms with van der Waals surface area (Å²) in [4.78, 5) is 34.5. The molecule has 26 heavy (non-hydrogen) atoms. The topological polar surface area (TPSA) is 119 Å². The second kappa shape index (κ2) is 9.04. The molecule has 2 rings (SSSR count). The maximum absolute atomic E-state index is 11.8. The van der Waals surface area contributed by atoms with E-state index in [1.165, 1.54) is 18.7 Å². The summed E-state index contributed by atoms with van der Waals surface area (Å²) >= 11 is 1.23. The predicted molar refractivity (Wildman–Crippen MR) is 99.9 cm³/mol. The Morgan fingerprint density at radius 2 is 1.92 bits per heavy atom. The number of carbonyl (C=O) groups excluding carboxylic acids is 3. The van der Waals surface area contributed by atoms with Crippen LogP contribution in [0.2, 0.25) is 0 Å². The van der Waals surface area contributed by atoms with Crippen molar-refractivity contribution in [2.75, 3.05) is 34.5 Å². The highest BCUT2D eigenvalue weighted by Gasteiger charge is 2.28. The van der Waals surface area contributed by atoms with E-state index in [1.807, 2.05) is 0 Å². The molecular formula is C16H20N2O6S2. The quantitative estimate of drug-likeness (QED) is 0.657. The van der Waals surface area contributed by atoms with Crippen LogP contribution in [0.15, 0.2) is 24.3 Å². The van der Waals surface area contributed by atoms with Gasteiger partial charge in [0.05, 0.1) is 17.3 Å². The van der Waals surface area contributed by atoms with Gasteiger partial charge in [-0.3, -0.25) is 14.4 Å². The zero-order valence-corrected chi connectivity index (χ0v) is 15.8. The number of amides is 2. The molecular weight excluding hydrogens is 380 g/mol. The Kier molecular flexibility index (Phi) is 7.04. The Morgan fingerprint density at radius 1 is 1.23 bits per heavy atom. The molecule has 2 N–H and O–H groups in total. The van der Waals surface area contributed by atoms with Gasteiger partial charge in [0.2, 0.25) is 5.91 Å². The summed E-state index contributed by atoms with van der Waals surface area (Å²) in [6.45, 7) is 0.941. The van der Waals surface area contributed by atoms with Gasteiger partial charge in [0.15, 0.2) is 16.4 Å². The number of carbonyl (C=O) groups is 3. The van der Waals surface area contributed by atoms with Crippen LogP contribution in [0.25, 0.3) is 0 Å². The van der Waals surface area contributed by atoms with Crippen LogP contribution in [0.4, 0.5) is 11.4 Å². The number of anilines is 2. The fourth-order valence-corrected chi connectivity index (χ4v) is 5.78. The Labute approximate surface area is 156 Å². The number of hydrogen-bond acceptors (Lipinski definition) is 7. The Morgan fingerprint density at radius 3 is 2.54 bits per heavy atom. The summed E-state index contributed by atoms with van der Waals surface area (Å²) in [5.41, 5.74) is 0.998. The van der Waals surface area contributed by atoms with Crippen molar-refractivity contribution in [3.05, 3.63) is 24.3 Å². The first kappa shape index (κ1) is 20.2. The van der Waals surface area contributed by atoms with Crippen LogP contribution < -0.4 is 10.6 Å². The highest BCUT2D eigenvalue weighted by molar-refractivity contribution is 8.02. The van der Waals surface area contributed by atoms with Gasteiger partial charge in [-0.05, 0) is 24.6 Å². The highest BCUT2D eigenvalue weighted by Crippen LogP contribution is 2.24. The number of thioether (sulfide) groups is 1. The molecule has 1 aliphatic heterocycles. The predicted octanol–water partition coefficient (Wildman–Crippen LogP) is 1.05. The molecule has 1 atom stereocenters. The molecule has 0 radical (unpaired) electrons. The van der Waals surface area contributed by atoms with Crippen molar-refractivity contribution in [1.82, 2.24) is 0 Å². The molecule has 0 bridgehead atoms. The Hall–Kier alpha value is -2.07. The number of benzene rings is 1. The fraction of sp³-hybridized carbons (Fsp3) is 0.438. The first-order valence-corrected chi connectivity index (χ1v) is 10.8. The lowest BCUT2D eigenvalue weighted by Crippen LogP contribution is -2.22. The molecule has 1 aromatic carbocycles. The van der Waals surface area contributed by atoms with Crippen molar-refractivity contribution >= 4 is 50.8 Å². The summed E-state index contributed by atoms with van der Waals surface area (Å²) in [5.74, 6) is -1.07. The molecule has 0 unspecified atom stereocenters. The van der Waals surface area contributed by atoms with E-state index < -0.39 is 28.3 Å². The Balaban J connectivity index is 1.71. The third-order valence-corrected chi connectivity index (χ3v) is 6.71. The first-order chi connectivity index (χ1) is 12.2. The lowest BCUT2D eigenvalue weighted by Gasteiger charge is -2.09. The second-order valence-corrected chi connectivity index (χ2v) is 9.32. The zero-order chi connectivity index (χ0) is 19.2. The van der Waals surface area contributed by atoms with Crippen molar-refractivity contribution in [3.8, 4) is 0 Å². The standard InChI is InChI=1S/C16H20N2O6S2/c1-11(19)17-12-3-2-4-13(7-12)18-15(20)8-24-16(21)9-25-14-5-6-26(22,23)10-14/h2-4,7,14H,5-6,8-10H2,1H3,(H,17,19)(H,18,20)/t14-/m0/s1. The smallest absolute Gasteiger partial charge is 0.316 e. The van der Waals surface area contributed by atoms with Crippen molar-refractivity contribution in [2.24, 2.45) is 0 Å². The fourth-order valence-electron chi connectivity index (χ4n) is 2.34. The molecule has 1 heterocycles. The third kappa shape index (κ3) is 7.04. The van der Waals surface area contributed by atoms with E-state index in [9.17, 15) is 22.8 Å². The average Bonchev–Trinajstić information content (AvgIpc) is 2.90. The number of esters is 1. The van der Waals surface area contributed by atoms with Crippen molar-refractivity contribution in [2.45, 2.75) is 18.6 Å². The number of ether oxygens (including phenoxy) is 1. The van der Waals surface area contributed by atoms with Crippen LogP contribution in [0, 0.1) is 0 Å². The van der Waals surface area contributed by atoms with Crippen LogP contribution in [0.1, 0.15) is 13.3 Å². The second-order valence-electron chi connectivity index (χ2n) is 5.81. The van der Waals surface area contributed by atoms with Crippen molar-refractivity contribution in [3.63, 3.8) is 0 Å². The molecule has 1 fully saturated rings. The summed E-state index contributed by atoms with van der Waals surface area (Å²) in [5, 5.41) is 5.06. The van der Waals surface area contributed by atoms with Gasteiger partial charge < -0.3 is 15.4 Å². The summed E-state index contributed by atoms with van der Waals surface area (Å²) in [6, 6.07) is 6.57. The summed E-state index contributed by atoms with van der Waals surface area (Å²) in [7, 11) is -2.98. The van der Waals surface area contributed by atoms with Crippen LogP contribution in [0.3, 0.4) is 0 Å². The van der Waals surface area contributed by atoms with Crippen LogP contribution >= 0.6 is 11.8 Å². The van der Waals surface area contributed by atoms with E-state index in [1.54, 1.807) is 24.3 Å². The molecule has 0 saturated carbocycles. The normalized spacial score (nSPS) is 18.1. The van der Waals surface area contributed by atoms with Gasteiger partial charge in [-0.25, -0.2) is 8.42 Å². The van der Waals surface area contributed by atoms with E-state index in [4.69, 9.17) is 4.74 Å². The van der Waals surface area contributed by atoms with Crippen LogP contribution in [-0.4, -0.2) is 55.3 Å². The van der Waals surface area contributed by atoms with Crippen LogP contribution in [0.5, 0.6) is 0 Å². The lowest BCUT2D eigenvalue weighted by atomic mass is 10.2. The maximum Gasteiger partial charge on any atom is 0.316 e. The van der Waals surface area contributed by atoms with E-state index >= 15 is 0 Å². The summed E-state index contributed by atoms with van der Waals surface area (Å²) in [6.07, 6.45) is 0.533. The lowest BCUT2D eigenvalue weighted by molar-refractivity contribution is -0.144. The van der Waals surface area contributed by atoms with Crippen molar-refractivity contribution in [1.29, 1.82) is 0 Å². The van der Waals surface area contributed by atoms with Gasteiger partial charge >= 0.3 is 5.97 Å². The van der Waals surface area contributed by atoms with E-state index in [2.05, 4.69) is 10.6 Å². The minimum atomic E-state index is -2.98. The van der Waals surface area contributed by atoms with E-state index in [0.29, 0.717) is 17.8 Å². The van der Waals surface area contributed by atoms with Gasteiger partial charge in [-0.1, -0.05) is 6.07 Å². The monoisotopic (exact) mass is 400 g/mol. The molecule has 10 heteroatoms. The average molecular weight is 400 g/mol. The maximum atomic E-state index is 11.8. The summed E-state index contributed by atoms with van der Waals surface area (Å²) < 4.78 is 27.6. The largest absolute Gasteiger partial charge is 0.455 e. The number of hydrogen-bond donors (Lipinski definition) is 2. The first-order valence-electron chi connectivity index (χ1n) is 7.89.